The second kappa shape index (κ2) is 5.82. The van der Waals surface area contributed by atoms with E-state index in [9.17, 15) is 9.59 Å². The summed E-state index contributed by atoms with van der Waals surface area (Å²) in [6.07, 6.45) is 1.64. The first kappa shape index (κ1) is 16.0. The molecule has 1 aliphatic heterocycles. The van der Waals surface area contributed by atoms with Crippen molar-refractivity contribution < 1.29 is 14.3 Å². The Morgan fingerprint density at radius 1 is 1.32 bits per heavy atom. The van der Waals surface area contributed by atoms with Gasteiger partial charge in [0.2, 0.25) is 0 Å². The number of aryl methyl sites for hydroxylation is 1. The molecule has 3 heterocycles. The van der Waals surface area contributed by atoms with Gasteiger partial charge in [-0.1, -0.05) is 15.9 Å². The molecule has 126 valence electrons. The van der Waals surface area contributed by atoms with Crippen LogP contribution in [0.4, 0.5) is 21.9 Å². The number of methoxy groups -OCH3 is 1. The number of ether oxygens (including phenoxy) is 1. The quantitative estimate of drug-likeness (QED) is 0.605. The van der Waals surface area contributed by atoms with E-state index in [0.29, 0.717) is 21.1 Å². The highest BCUT2D eigenvalue weighted by Gasteiger charge is 2.33. The minimum atomic E-state index is -0.488. The van der Waals surface area contributed by atoms with E-state index in [0.717, 1.165) is 21.1 Å². The number of amides is 2. The Kier molecular flexibility index (Phi) is 3.73. The molecule has 1 aliphatic rings. The zero-order valence-corrected chi connectivity index (χ0v) is 15.7. The van der Waals surface area contributed by atoms with Gasteiger partial charge in [-0.05, 0) is 36.8 Å². The number of rotatable bonds is 2. The molecule has 1 N–H and O–H groups in total. The third-order valence-electron chi connectivity index (χ3n) is 4.02. The van der Waals surface area contributed by atoms with Crippen molar-refractivity contribution in [2.24, 2.45) is 0 Å². The van der Waals surface area contributed by atoms with E-state index in [4.69, 9.17) is 4.74 Å². The minimum Gasteiger partial charge on any atom is -0.465 e. The Balaban J connectivity index is 1.99. The second-order valence-corrected chi connectivity index (χ2v) is 7.42. The summed E-state index contributed by atoms with van der Waals surface area (Å²) in [5, 5.41) is 3.57. The van der Waals surface area contributed by atoms with Crippen LogP contribution in [0.15, 0.2) is 34.9 Å². The first-order chi connectivity index (χ1) is 12.0. The molecule has 0 saturated carbocycles. The number of anilines is 3. The van der Waals surface area contributed by atoms with Gasteiger partial charge in [-0.2, -0.15) is 0 Å². The molecule has 8 heteroatoms. The number of carbonyl (C=O) groups excluding carboxylic acids is 2. The third kappa shape index (κ3) is 2.40. The van der Waals surface area contributed by atoms with Crippen LogP contribution in [0.5, 0.6) is 0 Å². The van der Waals surface area contributed by atoms with Crippen molar-refractivity contribution in [3.63, 3.8) is 0 Å². The molecule has 1 aromatic carbocycles. The number of benzene rings is 1. The van der Waals surface area contributed by atoms with E-state index >= 15 is 0 Å². The lowest BCUT2D eigenvalue weighted by Gasteiger charge is -2.29. The van der Waals surface area contributed by atoms with Gasteiger partial charge in [0.25, 0.3) is 0 Å². The van der Waals surface area contributed by atoms with Crippen molar-refractivity contribution in [2.45, 2.75) is 6.92 Å². The van der Waals surface area contributed by atoms with Crippen LogP contribution in [-0.4, -0.2) is 24.1 Å². The average Bonchev–Trinajstić information content (AvgIpc) is 2.95. The lowest BCUT2D eigenvalue weighted by atomic mass is 10.1. The topological polar surface area (TPSA) is 71.5 Å². The SMILES string of the molecule is COC(=O)c1sc2nccc3c2c1NC(=O)N3c1ccc(Br)cc1C. The Morgan fingerprint density at radius 2 is 2.12 bits per heavy atom. The van der Waals surface area contributed by atoms with Gasteiger partial charge in [-0.25, -0.2) is 14.6 Å². The summed E-state index contributed by atoms with van der Waals surface area (Å²) >= 11 is 4.65. The Morgan fingerprint density at radius 3 is 2.84 bits per heavy atom. The number of esters is 1. The van der Waals surface area contributed by atoms with Gasteiger partial charge in [0.15, 0.2) is 0 Å². The molecule has 6 nitrogen and oxygen atoms in total. The number of pyridine rings is 1. The van der Waals surface area contributed by atoms with Crippen molar-refractivity contribution in [3.05, 3.63) is 45.4 Å². The second-order valence-electron chi connectivity index (χ2n) is 5.50. The molecule has 25 heavy (non-hydrogen) atoms. The summed E-state index contributed by atoms with van der Waals surface area (Å²) in [5.74, 6) is -0.488. The van der Waals surface area contributed by atoms with Gasteiger partial charge in [0, 0.05) is 10.7 Å². The number of hydrogen-bond acceptors (Lipinski definition) is 5. The molecule has 0 radical (unpaired) electrons. The van der Waals surface area contributed by atoms with Crippen molar-refractivity contribution in [3.8, 4) is 0 Å². The van der Waals surface area contributed by atoms with Gasteiger partial charge < -0.3 is 10.1 Å². The van der Waals surface area contributed by atoms with E-state index in [-0.39, 0.29) is 6.03 Å². The molecule has 2 amide bonds. The van der Waals surface area contributed by atoms with E-state index in [1.165, 1.54) is 18.4 Å². The Hall–Kier alpha value is -2.45. The highest BCUT2D eigenvalue weighted by Crippen LogP contribution is 2.46. The van der Waals surface area contributed by atoms with Gasteiger partial charge >= 0.3 is 12.0 Å². The predicted molar refractivity (Wildman–Crippen MR) is 101 cm³/mol. The largest absolute Gasteiger partial charge is 0.465 e. The Labute approximate surface area is 155 Å². The highest BCUT2D eigenvalue weighted by atomic mass is 79.9. The van der Waals surface area contributed by atoms with Crippen LogP contribution in [-0.2, 0) is 4.74 Å². The number of halogens is 1. The Bertz CT molecular complexity index is 1050. The zero-order chi connectivity index (χ0) is 17.7. The van der Waals surface area contributed by atoms with Gasteiger partial charge in [0.1, 0.15) is 9.71 Å². The fraction of sp³-hybridized carbons (Fsp3) is 0.118. The summed E-state index contributed by atoms with van der Waals surface area (Å²) in [6.45, 7) is 1.94. The number of urea groups is 1. The maximum atomic E-state index is 12.8. The molecule has 2 aromatic heterocycles. The summed E-state index contributed by atoms with van der Waals surface area (Å²) in [6, 6.07) is 7.17. The minimum absolute atomic E-state index is 0.325. The van der Waals surface area contributed by atoms with Gasteiger partial charge in [-0.15, -0.1) is 11.3 Å². The molecule has 0 aliphatic carbocycles. The lowest BCUT2D eigenvalue weighted by Crippen LogP contribution is -2.34. The standard InChI is InChI=1S/C17H12BrN3O3S/c1-8-7-9(18)3-4-10(8)21-11-5-6-19-15-12(11)13(20-17(21)23)14(25-15)16(22)24-2/h3-7H,1-2H3,(H,20,23). The van der Waals surface area contributed by atoms with E-state index in [1.54, 1.807) is 17.2 Å². The number of thiophene rings is 1. The molecular formula is C17H12BrN3O3S. The van der Waals surface area contributed by atoms with Crippen LogP contribution in [0.25, 0.3) is 10.2 Å². The van der Waals surface area contributed by atoms with E-state index in [1.807, 2.05) is 25.1 Å². The maximum absolute atomic E-state index is 12.8. The van der Waals surface area contributed by atoms with Gasteiger partial charge in [0.05, 0.1) is 29.6 Å². The average molecular weight is 418 g/mol. The first-order valence-corrected chi connectivity index (χ1v) is 8.99. The van der Waals surface area contributed by atoms with Crippen LogP contribution in [0, 0.1) is 6.92 Å². The van der Waals surface area contributed by atoms with Crippen molar-refractivity contribution in [2.75, 3.05) is 17.3 Å². The van der Waals surface area contributed by atoms with Crippen LogP contribution in [0.1, 0.15) is 15.2 Å². The van der Waals surface area contributed by atoms with Crippen molar-refractivity contribution in [1.82, 2.24) is 4.98 Å². The molecule has 0 fully saturated rings. The zero-order valence-electron chi connectivity index (χ0n) is 13.3. The molecule has 0 saturated heterocycles. The van der Waals surface area contributed by atoms with Crippen LogP contribution in [0.3, 0.4) is 0 Å². The highest BCUT2D eigenvalue weighted by molar-refractivity contribution is 9.10. The summed E-state index contributed by atoms with van der Waals surface area (Å²) < 4.78 is 5.76. The van der Waals surface area contributed by atoms with Crippen molar-refractivity contribution >= 4 is 66.5 Å². The normalized spacial score (nSPS) is 13.1. The summed E-state index contributed by atoms with van der Waals surface area (Å²) in [7, 11) is 1.32. The molecule has 3 aromatic rings. The third-order valence-corrected chi connectivity index (χ3v) is 5.59. The van der Waals surface area contributed by atoms with Crippen LogP contribution < -0.4 is 10.2 Å². The molecular weight excluding hydrogens is 406 g/mol. The number of aromatic nitrogens is 1. The first-order valence-electron chi connectivity index (χ1n) is 7.38. The molecule has 0 bridgehead atoms. The lowest BCUT2D eigenvalue weighted by molar-refractivity contribution is 0.0607. The number of nitrogens with one attached hydrogen (secondary N) is 1. The van der Waals surface area contributed by atoms with Crippen LogP contribution >= 0.6 is 27.3 Å². The fourth-order valence-electron chi connectivity index (χ4n) is 2.93. The predicted octanol–water partition coefficient (Wildman–Crippen LogP) is 4.84. The maximum Gasteiger partial charge on any atom is 0.350 e. The summed E-state index contributed by atoms with van der Waals surface area (Å²) in [4.78, 5) is 31.8. The molecule has 4 rings (SSSR count). The monoisotopic (exact) mass is 417 g/mol. The number of carbonyl (C=O) groups is 2. The van der Waals surface area contributed by atoms with E-state index in [2.05, 4.69) is 26.2 Å². The van der Waals surface area contributed by atoms with Gasteiger partial charge in [-0.3, -0.25) is 4.90 Å². The van der Waals surface area contributed by atoms with Crippen molar-refractivity contribution in [1.29, 1.82) is 0 Å². The smallest absolute Gasteiger partial charge is 0.350 e. The molecule has 0 spiro atoms. The van der Waals surface area contributed by atoms with E-state index < -0.39 is 5.97 Å². The molecule has 0 atom stereocenters. The number of nitrogens with zero attached hydrogens (tertiary/aromatic N) is 2. The number of hydrogen-bond donors (Lipinski definition) is 1. The molecule has 0 unspecified atom stereocenters. The fourth-order valence-corrected chi connectivity index (χ4v) is 4.44. The summed E-state index contributed by atoms with van der Waals surface area (Å²) in [5.41, 5.74) is 2.87. The van der Waals surface area contributed by atoms with Crippen LogP contribution in [0.2, 0.25) is 0 Å².